The maximum Gasteiger partial charge on any atom is 0.258 e. The zero-order valence-corrected chi connectivity index (χ0v) is 12.7. The zero-order valence-electron chi connectivity index (χ0n) is 12.7. The number of nitrogens with two attached hydrogens (primary N) is 1. The van der Waals surface area contributed by atoms with Crippen LogP contribution in [0.2, 0.25) is 0 Å². The van der Waals surface area contributed by atoms with Gasteiger partial charge >= 0.3 is 0 Å². The van der Waals surface area contributed by atoms with Gasteiger partial charge in [-0.2, -0.15) is 0 Å². The average Bonchev–Trinajstić information content (AvgIpc) is 2.58. The molecular weight excluding hydrogens is 296 g/mol. The molecule has 0 aliphatic rings. The van der Waals surface area contributed by atoms with Crippen LogP contribution in [-0.4, -0.2) is 25.5 Å². The van der Waals surface area contributed by atoms with Crippen LogP contribution in [0.15, 0.2) is 48.5 Å². The van der Waals surface area contributed by atoms with E-state index in [0.717, 1.165) is 5.56 Å². The number of amides is 2. The molecule has 0 aliphatic heterocycles. The Morgan fingerprint density at radius 2 is 1.70 bits per heavy atom. The predicted molar refractivity (Wildman–Crippen MR) is 85.3 cm³/mol. The second-order valence-electron chi connectivity index (χ2n) is 4.78. The Hall–Kier alpha value is -3.02. The van der Waals surface area contributed by atoms with Crippen molar-refractivity contribution in [3.63, 3.8) is 0 Å². The summed E-state index contributed by atoms with van der Waals surface area (Å²) in [6.07, 6.45) is 0. The van der Waals surface area contributed by atoms with Crippen LogP contribution in [0.5, 0.6) is 11.5 Å². The van der Waals surface area contributed by atoms with Gasteiger partial charge < -0.3 is 20.5 Å². The van der Waals surface area contributed by atoms with Crippen molar-refractivity contribution in [3.05, 3.63) is 59.7 Å². The van der Waals surface area contributed by atoms with Crippen LogP contribution in [0.3, 0.4) is 0 Å². The van der Waals surface area contributed by atoms with E-state index in [1.54, 1.807) is 42.5 Å². The molecule has 0 aliphatic carbocycles. The number of hydrogen-bond acceptors (Lipinski definition) is 4. The lowest BCUT2D eigenvalue weighted by atomic mass is 10.1. The molecule has 0 unspecified atom stereocenters. The fourth-order valence-electron chi connectivity index (χ4n) is 1.92. The van der Waals surface area contributed by atoms with Crippen LogP contribution in [-0.2, 0) is 11.3 Å². The van der Waals surface area contributed by atoms with E-state index in [1.165, 1.54) is 7.11 Å². The SMILES string of the molecule is COc1ccccc1OCC(=O)NCc1ccc(C(N)=O)cc1. The molecule has 2 rings (SSSR count). The van der Waals surface area contributed by atoms with Crippen molar-refractivity contribution < 1.29 is 19.1 Å². The first kappa shape index (κ1) is 16.4. The van der Waals surface area contributed by atoms with E-state index in [1.807, 2.05) is 6.07 Å². The van der Waals surface area contributed by atoms with Gasteiger partial charge in [-0.05, 0) is 29.8 Å². The number of rotatable bonds is 7. The molecule has 2 aromatic rings. The number of para-hydroxylation sites is 2. The first-order chi connectivity index (χ1) is 11.1. The third-order valence-corrected chi connectivity index (χ3v) is 3.16. The van der Waals surface area contributed by atoms with Crippen molar-refractivity contribution in [1.82, 2.24) is 5.32 Å². The maximum absolute atomic E-state index is 11.8. The van der Waals surface area contributed by atoms with Gasteiger partial charge in [-0.15, -0.1) is 0 Å². The summed E-state index contributed by atoms with van der Waals surface area (Å²) in [6.45, 7) is 0.229. The second-order valence-corrected chi connectivity index (χ2v) is 4.78. The largest absolute Gasteiger partial charge is 0.493 e. The average molecular weight is 314 g/mol. The molecule has 0 aromatic heterocycles. The standard InChI is InChI=1S/C17H18N2O4/c1-22-14-4-2-3-5-15(14)23-11-16(20)19-10-12-6-8-13(9-7-12)17(18)21/h2-9H,10-11H2,1H3,(H2,18,21)(H,19,20). The molecule has 23 heavy (non-hydrogen) atoms. The summed E-state index contributed by atoms with van der Waals surface area (Å²) in [5.41, 5.74) is 6.46. The van der Waals surface area contributed by atoms with Gasteiger partial charge in [-0.25, -0.2) is 0 Å². The molecule has 6 nitrogen and oxygen atoms in total. The second kappa shape index (κ2) is 7.84. The molecule has 6 heteroatoms. The Labute approximate surface area is 134 Å². The Morgan fingerprint density at radius 3 is 2.30 bits per heavy atom. The molecular formula is C17H18N2O4. The quantitative estimate of drug-likeness (QED) is 0.810. The summed E-state index contributed by atoms with van der Waals surface area (Å²) in [7, 11) is 1.54. The smallest absolute Gasteiger partial charge is 0.258 e. The Morgan fingerprint density at radius 1 is 1.04 bits per heavy atom. The predicted octanol–water partition coefficient (Wildman–Crippen LogP) is 1.49. The van der Waals surface area contributed by atoms with Crippen LogP contribution in [0.4, 0.5) is 0 Å². The van der Waals surface area contributed by atoms with Gasteiger partial charge in [0, 0.05) is 12.1 Å². The summed E-state index contributed by atoms with van der Waals surface area (Å²) in [4.78, 5) is 22.8. The van der Waals surface area contributed by atoms with Crippen LogP contribution in [0.1, 0.15) is 15.9 Å². The lowest BCUT2D eigenvalue weighted by molar-refractivity contribution is -0.123. The van der Waals surface area contributed by atoms with E-state index in [4.69, 9.17) is 15.2 Å². The maximum atomic E-state index is 11.8. The van der Waals surface area contributed by atoms with Crippen molar-refractivity contribution >= 4 is 11.8 Å². The first-order valence-corrected chi connectivity index (χ1v) is 7.01. The van der Waals surface area contributed by atoms with Gasteiger partial charge in [0.15, 0.2) is 18.1 Å². The van der Waals surface area contributed by atoms with E-state index in [-0.39, 0.29) is 12.5 Å². The molecule has 0 fully saturated rings. The normalized spacial score (nSPS) is 9.96. The molecule has 0 saturated carbocycles. The summed E-state index contributed by atoms with van der Waals surface area (Å²) in [6, 6.07) is 13.8. The lowest BCUT2D eigenvalue weighted by Crippen LogP contribution is -2.28. The van der Waals surface area contributed by atoms with E-state index in [9.17, 15) is 9.59 Å². The Balaban J connectivity index is 1.82. The summed E-state index contributed by atoms with van der Waals surface area (Å²) in [5.74, 6) is 0.346. The molecule has 0 saturated heterocycles. The minimum atomic E-state index is -0.481. The number of carbonyl (C=O) groups excluding carboxylic acids is 2. The minimum absolute atomic E-state index is 0.111. The number of nitrogens with one attached hydrogen (secondary N) is 1. The molecule has 0 heterocycles. The summed E-state index contributed by atoms with van der Waals surface area (Å²) < 4.78 is 10.6. The lowest BCUT2D eigenvalue weighted by Gasteiger charge is -2.10. The van der Waals surface area contributed by atoms with Crippen molar-refractivity contribution in [2.45, 2.75) is 6.54 Å². The highest BCUT2D eigenvalue weighted by molar-refractivity contribution is 5.92. The van der Waals surface area contributed by atoms with Gasteiger partial charge in [0.05, 0.1) is 7.11 Å². The molecule has 2 aromatic carbocycles. The van der Waals surface area contributed by atoms with Crippen LogP contribution >= 0.6 is 0 Å². The highest BCUT2D eigenvalue weighted by Gasteiger charge is 2.07. The summed E-state index contributed by atoms with van der Waals surface area (Å²) in [5, 5.41) is 2.73. The van der Waals surface area contributed by atoms with Crippen molar-refractivity contribution in [3.8, 4) is 11.5 Å². The van der Waals surface area contributed by atoms with Crippen LogP contribution < -0.4 is 20.5 Å². The van der Waals surface area contributed by atoms with Crippen molar-refractivity contribution in [2.24, 2.45) is 5.73 Å². The van der Waals surface area contributed by atoms with Gasteiger partial charge in [0.25, 0.3) is 5.91 Å². The number of hydrogen-bond donors (Lipinski definition) is 2. The number of ether oxygens (including phenoxy) is 2. The van der Waals surface area contributed by atoms with Crippen molar-refractivity contribution in [1.29, 1.82) is 0 Å². The van der Waals surface area contributed by atoms with E-state index < -0.39 is 5.91 Å². The molecule has 0 atom stereocenters. The van der Waals surface area contributed by atoms with Crippen LogP contribution in [0, 0.1) is 0 Å². The number of carbonyl (C=O) groups is 2. The Kier molecular flexibility index (Phi) is 5.57. The van der Waals surface area contributed by atoms with E-state index in [0.29, 0.717) is 23.6 Å². The van der Waals surface area contributed by atoms with E-state index >= 15 is 0 Å². The third kappa shape index (κ3) is 4.74. The number of methoxy groups -OCH3 is 1. The van der Waals surface area contributed by atoms with Gasteiger partial charge in [0.1, 0.15) is 0 Å². The van der Waals surface area contributed by atoms with E-state index in [2.05, 4.69) is 5.32 Å². The third-order valence-electron chi connectivity index (χ3n) is 3.16. The monoisotopic (exact) mass is 314 g/mol. The number of primary amides is 1. The molecule has 2 amide bonds. The summed E-state index contributed by atoms with van der Waals surface area (Å²) >= 11 is 0. The van der Waals surface area contributed by atoms with Crippen molar-refractivity contribution in [2.75, 3.05) is 13.7 Å². The molecule has 3 N–H and O–H groups in total. The zero-order chi connectivity index (χ0) is 16.7. The fourth-order valence-corrected chi connectivity index (χ4v) is 1.92. The van der Waals surface area contributed by atoms with Crippen LogP contribution in [0.25, 0.3) is 0 Å². The highest BCUT2D eigenvalue weighted by atomic mass is 16.5. The van der Waals surface area contributed by atoms with Gasteiger partial charge in [0.2, 0.25) is 5.91 Å². The minimum Gasteiger partial charge on any atom is -0.493 e. The molecule has 0 spiro atoms. The molecule has 0 radical (unpaired) electrons. The van der Waals surface area contributed by atoms with Gasteiger partial charge in [-0.3, -0.25) is 9.59 Å². The highest BCUT2D eigenvalue weighted by Crippen LogP contribution is 2.25. The number of benzene rings is 2. The fraction of sp³-hybridized carbons (Fsp3) is 0.176. The topological polar surface area (TPSA) is 90.7 Å². The Bertz CT molecular complexity index is 683. The first-order valence-electron chi connectivity index (χ1n) is 7.01. The van der Waals surface area contributed by atoms with Gasteiger partial charge in [-0.1, -0.05) is 24.3 Å². The molecule has 120 valence electrons. The molecule has 0 bridgehead atoms.